The number of carbonyl (C=O) groups is 1. The second-order valence-electron chi connectivity index (χ2n) is 4.35. The molecule has 1 rings (SSSR count). The number of nitrogens with zero attached hydrogens (tertiary/aromatic N) is 1. The van der Waals surface area contributed by atoms with Crippen LogP contribution in [0.1, 0.15) is 13.8 Å². The summed E-state index contributed by atoms with van der Waals surface area (Å²) in [6.45, 7) is 4.36. The predicted molar refractivity (Wildman–Crippen MR) is 75.6 cm³/mol. The van der Waals surface area contributed by atoms with Crippen molar-refractivity contribution in [2.24, 2.45) is 11.7 Å². The maximum absolute atomic E-state index is 11.6. The monoisotopic (exact) mass is 305 g/mol. The van der Waals surface area contributed by atoms with E-state index in [4.69, 9.17) is 33.7 Å². The second kappa shape index (κ2) is 7.53. The molecule has 19 heavy (non-hydrogen) atoms. The largest absolute Gasteiger partial charge is 0.475 e. The fourth-order valence-corrected chi connectivity index (χ4v) is 1.69. The Balaban J connectivity index is 2.33. The first-order chi connectivity index (χ1) is 8.91. The van der Waals surface area contributed by atoms with E-state index in [0.717, 1.165) is 0 Å². The van der Waals surface area contributed by atoms with Gasteiger partial charge in [0.2, 0.25) is 11.8 Å². The number of halogens is 2. The van der Waals surface area contributed by atoms with E-state index in [2.05, 4.69) is 10.3 Å². The average Bonchev–Trinajstić information content (AvgIpc) is 2.35. The summed E-state index contributed by atoms with van der Waals surface area (Å²) in [5.74, 6) is 0.176. The van der Waals surface area contributed by atoms with Gasteiger partial charge in [0.1, 0.15) is 11.6 Å². The molecule has 0 saturated heterocycles. The van der Waals surface area contributed by atoms with Crippen molar-refractivity contribution < 1.29 is 9.53 Å². The first-order valence-electron chi connectivity index (χ1n) is 5.89. The minimum Gasteiger partial charge on any atom is -0.475 e. The molecule has 0 aromatic carbocycles. The van der Waals surface area contributed by atoms with E-state index >= 15 is 0 Å². The van der Waals surface area contributed by atoms with Gasteiger partial charge in [0, 0.05) is 6.20 Å². The number of nitrogens with one attached hydrogen (secondary N) is 1. The Morgan fingerprint density at radius 3 is 2.79 bits per heavy atom. The highest BCUT2D eigenvalue weighted by Gasteiger charge is 2.16. The van der Waals surface area contributed by atoms with Crippen LogP contribution < -0.4 is 15.8 Å². The quantitative estimate of drug-likeness (QED) is 0.787. The summed E-state index contributed by atoms with van der Waals surface area (Å²) >= 11 is 11.6. The van der Waals surface area contributed by atoms with Crippen LogP contribution in [0.15, 0.2) is 12.3 Å². The molecule has 3 N–H and O–H groups in total. The summed E-state index contributed by atoms with van der Waals surface area (Å²) in [4.78, 5) is 15.5. The third-order valence-corrected chi connectivity index (χ3v) is 2.91. The van der Waals surface area contributed by atoms with E-state index in [1.54, 1.807) is 6.07 Å². The molecule has 1 aromatic heterocycles. The SMILES string of the molecule is CC(C)[C@H](N)C(=O)NCCOc1ncc(Cl)cc1Cl. The van der Waals surface area contributed by atoms with Crippen LogP contribution >= 0.6 is 23.2 Å². The molecule has 1 amide bonds. The van der Waals surface area contributed by atoms with E-state index in [1.165, 1.54) is 6.20 Å². The van der Waals surface area contributed by atoms with Crippen molar-refractivity contribution in [3.05, 3.63) is 22.3 Å². The van der Waals surface area contributed by atoms with Gasteiger partial charge in [0.15, 0.2) is 0 Å². The minimum absolute atomic E-state index is 0.0910. The molecule has 1 atom stereocenters. The van der Waals surface area contributed by atoms with E-state index in [1.807, 2.05) is 13.8 Å². The average molecular weight is 306 g/mol. The molecule has 0 aliphatic carbocycles. The molecule has 1 heterocycles. The topological polar surface area (TPSA) is 77.2 Å². The lowest BCUT2D eigenvalue weighted by Gasteiger charge is -2.15. The first-order valence-corrected chi connectivity index (χ1v) is 6.64. The van der Waals surface area contributed by atoms with Gasteiger partial charge in [0.25, 0.3) is 0 Å². The van der Waals surface area contributed by atoms with Crippen LogP contribution in [0.4, 0.5) is 0 Å². The third-order valence-electron chi connectivity index (χ3n) is 2.44. The fraction of sp³-hybridized carbons (Fsp3) is 0.500. The minimum atomic E-state index is -0.516. The zero-order valence-corrected chi connectivity index (χ0v) is 12.3. The maximum atomic E-state index is 11.6. The van der Waals surface area contributed by atoms with Crippen LogP contribution in [0.2, 0.25) is 10.0 Å². The lowest BCUT2D eigenvalue weighted by atomic mass is 10.1. The number of hydrogen-bond donors (Lipinski definition) is 2. The molecule has 0 fully saturated rings. The third kappa shape index (κ3) is 5.22. The van der Waals surface area contributed by atoms with Gasteiger partial charge < -0.3 is 15.8 Å². The van der Waals surface area contributed by atoms with Crippen LogP contribution in [-0.2, 0) is 4.79 Å². The summed E-state index contributed by atoms with van der Waals surface area (Å²) in [6.07, 6.45) is 1.44. The molecule has 0 aliphatic rings. The number of ether oxygens (including phenoxy) is 1. The van der Waals surface area contributed by atoms with Crippen molar-refractivity contribution in [3.63, 3.8) is 0 Å². The predicted octanol–water partition coefficient (Wildman–Crippen LogP) is 1.87. The van der Waals surface area contributed by atoms with Gasteiger partial charge in [-0.05, 0) is 12.0 Å². The Hall–Kier alpha value is -1.04. The van der Waals surface area contributed by atoms with Gasteiger partial charge in [-0.2, -0.15) is 0 Å². The van der Waals surface area contributed by atoms with Crippen molar-refractivity contribution in [1.82, 2.24) is 10.3 Å². The lowest BCUT2D eigenvalue weighted by Crippen LogP contribution is -2.45. The van der Waals surface area contributed by atoms with Crippen LogP contribution in [0, 0.1) is 5.92 Å². The van der Waals surface area contributed by atoms with E-state index < -0.39 is 6.04 Å². The summed E-state index contributed by atoms with van der Waals surface area (Å²) in [6, 6.07) is 1.02. The van der Waals surface area contributed by atoms with E-state index in [0.29, 0.717) is 16.6 Å². The summed E-state index contributed by atoms with van der Waals surface area (Å²) in [5.41, 5.74) is 5.69. The summed E-state index contributed by atoms with van der Waals surface area (Å²) < 4.78 is 5.33. The molecule has 1 aromatic rings. The molecular weight excluding hydrogens is 289 g/mol. The molecular formula is C12H17Cl2N3O2. The molecule has 5 nitrogen and oxygen atoms in total. The molecule has 0 spiro atoms. The Morgan fingerprint density at radius 2 is 2.21 bits per heavy atom. The fourth-order valence-electron chi connectivity index (χ4n) is 1.25. The molecule has 0 bridgehead atoms. The van der Waals surface area contributed by atoms with Gasteiger partial charge in [-0.3, -0.25) is 4.79 Å². The van der Waals surface area contributed by atoms with Crippen molar-refractivity contribution >= 4 is 29.1 Å². The van der Waals surface area contributed by atoms with Gasteiger partial charge in [0.05, 0.1) is 17.6 Å². The number of hydrogen-bond acceptors (Lipinski definition) is 4. The number of nitrogens with two attached hydrogens (primary N) is 1. The standard InChI is InChI=1S/C12H17Cl2N3O2/c1-7(2)10(15)11(18)16-3-4-19-12-9(14)5-8(13)6-17-12/h5-7,10H,3-4,15H2,1-2H3,(H,16,18)/t10-/m0/s1. The van der Waals surface area contributed by atoms with Crippen molar-refractivity contribution in [1.29, 1.82) is 0 Å². The lowest BCUT2D eigenvalue weighted by molar-refractivity contribution is -0.123. The summed E-state index contributed by atoms with van der Waals surface area (Å²) in [5, 5.41) is 3.45. The van der Waals surface area contributed by atoms with Crippen LogP contribution in [0.25, 0.3) is 0 Å². The highest BCUT2D eigenvalue weighted by atomic mass is 35.5. The molecule has 0 saturated carbocycles. The van der Waals surface area contributed by atoms with Crippen molar-refractivity contribution in [3.8, 4) is 5.88 Å². The normalized spacial score (nSPS) is 12.3. The van der Waals surface area contributed by atoms with Gasteiger partial charge in [-0.25, -0.2) is 4.98 Å². The summed E-state index contributed by atoms with van der Waals surface area (Å²) in [7, 11) is 0. The number of carbonyl (C=O) groups excluding carboxylic acids is 1. The number of aromatic nitrogens is 1. The van der Waals surface area contributed by atoms with Crippen LogP contribution in [0.3, 0.4) is 0 Å². The Morgan fingerprint density at radius 1 is 1.53 bits per heavy atom. The van der Waals surface area contributed by atoms with Crippen molar-refractivity contribution in [2.75, 3.05) is 13.2 Å². The van der Waals surface area contributed by atoms with E-state index in [9.17, 15) is 4.79 Å². The maximum Gasteiger partial charge on any atom is 0.237 e. The molecule has 0 unspecified atom stereocenters. The molecule has 106 valence electrons. The molecule has 7 heteroatoms. The van der Waals surface area contributed by atoms with Gasteiger partial charge >= 0.3 is 0 Å². The van der Waals surface area contributed by atoms with Crippen LogP contribution in [-0.4, -0.2) is 30.1 Å². The molecule has 0 radical (unpaired) electrons. The first kappa shape index (κ1) is 16.0. The Kier molecular flexibility index (Phi) is 6.34. The van der Waals surface area contributed by atoms with Gasteiger partial charge in [-0.15, -0.1) is 0 Å². The zero-order chi connectivity index (χ0) is 14.4. The number of rotatable bonds is 6. The second-order valence-corrected chi connectivity index (χ2v) is 5.19. The van der Waals surface area contributed by atoms with Gasteiger partial charge in [-0.1, -0.05) is 37.0 Å². The zero-order valence-electron chi connectivity index (χ0n) is 10.8. The Labute approximate surface area is 122 Å². The smallest absolute Gasteiger partial charge is 0.237 e. The highest BCUT2D eigenvalue weighted by molar-refractivity contribution is 6.35. The van der Waals surface area contributed by atoms with E-state index in [-0.39, 0.29) is 24.3 Å². The molecule has 0 aliphatic heterocycles. The van der Waals surface area contributed by atoms with Crippen molar-refractivity contribution in [2.45, 2.75) is 19.9 Å². The number of amides is 1. The highest BCUT2D eigenvalue weighted by Crippen LogP contribution is 2.24. The number of pyridine rings is 1. The Bertz CT molecular complexity index is 441. The van der Waals surface area contributed by atoms with Crippen LogP contribution in [0.5, 0.6) is 5.88 Å².